The average Bonchev–Trinajstić information content (AvgIpc) is 2.78. The number of carbonyl (C=O) groups excluding carboxylic acids is 1. The Labute approximate surface area is 187 Å². The fourth-order valence-electron chi connectivity index (χ4n) is 3.00. The molecule has 0 bridgehead atoms. The van der Waals surface area contributed by atoms with Gasteiger partial charge in [-0.1, -0.05) is 41.9 Å². The molecule has 3 aromatic carbocycles. The second-order valence-corrected chi connectivity index (χ2v) is 7.17. The van der Waals surface area contributed by atoms with Gasteiger partial charge in [0.25, 0.3) is 0 Å². The summed E-state index contributed by atoms with van der Waals surface area (Å²) in [4.78, 5) is 11.8. The monoisotopic (exact) mass is 439 g/mol. The normalized spacial score (nSPS) is 10.4. The molecular weight excluding hydrogens is 414 g/mol. The maximum atomic E-state index is 11.8. The summed E-state index contributed by atoms with van der Waals surface area (Å²) in [5.74, 6) is 0.823. The molecule has 0 aliphatic carbocycles. The molecule has 0 aromatic heterocycles. The van der Waals surface area contributed by atoms with Gasteiger partial charge in [-0.3, -0.25) is 0 Å². The fraction of sp³-hybridized carbons (Fsp3) is 0.240. The standard InChI is InChI=1S/C25H26ClNO4/c1-3-29-23-15-19(14-22(26)24(23)31-17-18-8-6-5-7-9-18)16-27-21-12-10-20(11-13-21)25(28)30-4-2/h5-15,27H,3-4,16-17H2,1-2H3. The molecule has 0 unspecified atom stereocenters. The minimum Gasteiger partial charge on any atom is -0.490 e. The lowest BCUT2D eigenvalue weighted by Crippen LogP contribution is -2.05. The largest absolute Gasteiger partial charge is 0.490 e. The number of hydrogen-bond donors (Lipinski definition) is 1. The maximum Gasteiger partial charge on any atom is 0.338 e. The predicted molar refractivity (Wildman–Crippen MR) is 123 cm³/mol. The summed E-state index contributed by atoms with van der Waals surface area (Å²) in [6.45, 7) is 5.51. The number of nitrogens with one attached hydrogen (secondary N) is 1. The van der Waals surface area contributed by atoms with E-state index in [4.69, 9.17) is 25.8 Å². The topological polar surface area (TPSA) is 56.8 Å². The van der Waals surface area contributed by atoms with Crippen LogP contribution < -0.4 is 14.8 Å². The third-order valence-corrected chi connectivity index (χ3v) is 4.77. The third-order valence-electron chi connectivity index (χ3n) is 4.49. The highest BCUT2D eigenvalue weighted by Crippen LogP contribution is 2.37. The van der Waals surface area contributed by atoms with Crippen molar-refractivity contribution in [3.05, 3.63) is 88.4 Å². The molecule has 0 spiro atoms. The summed E-state index contributed by atoms with van der Waals surface area (Å²) >= 11 is 6.52. The summed E-state index contributed by atoms with van der Waals surface area (Å²) in [6.07, 6.45) is 0. The van der Waals surface area contributed by atoms with Crippen LogP contribution in [0.5, 0.6) is 11.5 Å². The number of anilines is 1. The SMILES string of the molecule is CCOC(=O)c1ccc(NCc2cc(Cl)c(OCc3ccccc3)c(OCC)c2)cc1. The lowest BCUT2D eigenvalue weighted by molar-refractivity contribution is 0.0526. The van der Waals surface area contributed by atoms with E-state index in [2.05, 4.69) is 5.32 Å². The Morgan fingerprint density at radius 2 is 1.65 bits per heavy atom. The average molecular weight is 440 g/mol. The van der Waals surface area contributed by atoms with Crippen molar-refractivity contribution in [3.63, 3.8) is 0 Å². The van der Waals surface area contributed by atoms with E-state index in [1.54, 1.807) is 19.1 Å². The summed E-state index contributed by atoms with van der Waals surface area (Å²) in [5, 5.41) is 3.82. The van der Waals surface area contributed by atoms with Crippen molar-refractivity contribution in [2.75, 3.05) is 18.5 Å². The van der Waals surface area contributed by atoms with Crippen LogP contribution in [0.2, 0.25) is 5.02 Å². The number of hydrogen-bond acceptors (Lipinski definition) is 5. The Kier molecular flexibility index (Phi) is 8.19. The van der Waals surface area contributed by atoms with Crippen LogP contribution >= 0.6 is 11.6 Å². The number of halogens is 1. The molecule has 1 N–H and O–H groups in total. The highest BCUT2D eigenvalue weighted by molar-refractivity contribution is 6.32. The molecule has 0 atom stereocenters. The van der Waals surface area contributed by atoms with Gasteiger partial charge >= 0.3 is 5.97 Å². The van der Waals surface area contributed by atoms with Crippen LogP contribution in [0, 0.1) is 0 Å². The Balaban J connectivity index is 1.68. The Hall–Kier alpha value is -3.18. The minimum absolute atomic E-state index is 0.326. The van der Waals surface area contributed by atoms with Crippen molar-refractivity contribution in [1.29, 1.82) is 0 Å². The second-order valence-electron chi connectivity index (χ2n) is 6.76. The van der Waals surface area contributed by atoms with Crippen molar-refractivity contribution in [3.8, 4) is 11.5 Å². The predicted octanol–water partition coefficient (Wildman–Crippen LogP) is 6.11. The number of carbonyl (C=O) groups is 1. The Morgan fingerprint density at radius 1 is 0.903 bits per heavy atom. The van der Waals surface area contributed by atoms with Crippen LogP contribution in [0.15, 0.2) is 66.7 Å². The van der Waals surface area contributed by atoms with Crippen molar-refractivity contribution >= 4 is 23.3 Å². The number of ether oxygens (including phenoxy) is 3. The van der Waals surface area contributed by atoms with Crippen LogP contribution in [0.1, 0.15) is 35.3 Å². The summed E-state index contributed by atoms with van der Waals surface area (Å²) in [5.41, 5.74) is 3.41. The van der Waals surface area contributed by atoms with Crippen LogP contribution in [0.3, 0.4) is 0 Å². The van der Waals surface area contributed by atoms with Crippen LogP contribution in [-0.4, -0.2) is 19.2 Å². The zero-order valence-electron chi connectivity index (χ0n) is 17.7. The molecule has 6 heteroatoms. The van der Waals surface area contributed by atoms with E-state index in [9.17, 15) is 4.79 Å². The first-order valence-electron chi connectivity index (χ1n) is 10.2. The lowest BCUT2D eigenvalue weighted by Gasteiger charge is -2.16. The van der Waals surface area contributed by atoms with Crippen molar-refractivity contribution < 1.29 is 19.0 Å². The zero-order chi connectivity index (χ0) is 22.1. The van der Waals surface area contributed by atoms with E-state index >= 15 is 0 Å². The third kappa shape index (κ3) is 6.40. The molecule has 3 rings (SSSR count). The summed E-state index contributed by atoms with van der Waals surface area (Å²) in [6, 6.07) is 20.9. The van der Waals surface area contributed by atoms with Gasteiger partial charge in [0.05, 0.1) is 23.8 Å². The van der Waals surface area contributed by atoms with Crippen LogP contribution in [-0.2, 0) is 17.9 Å². The minimum atomic E-state index is -0.326. The molecule has 3 aromatic rings. The Morgan fingerprint density at radius 3 is 2.32 bits per heavy atom. The van der Waals surface area contributed by atoms with Gasteiger partial charge < -0.3 is 19.5 Å². The van der Waals surface area contributed by atoms with E-state index in [0.29, 0.717) is 48.5 Å². The molecule has 0 radical (unpaired) electrons. The quantitative estimate of drug-likeness (QED) is 0.386. The number of rotatable bonds is 10. The highest BCUT2D eigenvalue weighted by Gasteiger charge is 2.13. The Bertz CT molecular complexity index is 990. The molecule has 0 aliphatic heterocycles. The van der Waals surface area contributed by atoms with Crippen molar-refractivity contribution in [2.45, 2.75) is 27.0 Å². The van der Waals surface area contributed by atoms with Crippen molar-refractivity contribution in [1.82, 2.24) is 0 Å². The highest BCUT2D eigenvalue weighted by atomic mass is 35.5. The van der Waals surface area contributed by atoms with Gasteiger partial charge in [-0.05, 0) is 61.4 Å². The van der Waals surface area contributed by atoms with E-state index < -0.39 is 0 Å². The zero-order valence-corrected chi connectivity index (χ0v) is 18.4. The summed E-state index contributed by atoms with van der Waals surface area (Å²) < 4.78 is 16.7. The van der Waals surface area contributed by atoms with Crippen LogP contribution in [0.25, 0.3) is 0 Å². The number of esters is 1. The second kappa shape index (κ2) is 11.3. The first-order chi connectivity index (χ1) is 15.1. The maximum absolute atomic E-state index is 11.8. The molecule has 0 fully saturated rings. The van der Waals surface area contributed by atoms with Gasteiger partial charge in [-0.15, -0.1) is 0 Å². The van der Waals surface area contributed by atoms with Gasteiger partial charge in [-0.25, -0.2) is 4.79 Å². The van der Waals surface area contributed by atoms with E-state index in [-0.39, 0.29) is 5.97 Å². The molecule has 5 nitrogen and oxygen atoms in total. The van der Waals surface area contributed by atoms with Crippen molar-refractivity contribution in [2.24, 2.45) is 0 Å². The van der Waals surface area contributed by atoms with Gasteiger partial charge in [0, 0.05) is 12.2 Å². The van der Waals surface area contributed by atoms with Gasteiger partial charge in [0.1, 0.15) is 6.61 Å². The molecule has 0 amide bonds. The molecular formula is C25H26ClNO4. The van der Waals surface area contributed by atoms with Crippen LogP contribution in [0.4, 0.5) is 5.69 Å². The smallest absolute Gasteiger partial charge is 0.338 e. The van der Waals surface area contributed by atoms with Gasteiger partial charge in [0.2, 0.25) is 0 Å². The fourth-order valence-corrected chi connectivity index (χ4v) is 3.29. The van der Waals surface area contributed by atoms with Gasteiger partial charge in [0.15, 0.2) is 11.5 Å². The van der Waals surface area contributed by atoms with E-state index in [1.807, 2.05) is 61.5 Å². The first kappa shape index (κ1) is 22.5. The van der Waals surface area contributed by atoms with E-state index in [1.165, 1.54) is 0 Å². The molecule has 0 saturated heterocycles. The molecule has 0 aliphatic rings. The lowest BCUT2D eigenvalue weighted by atomic mass is 10.1. The molecule has 31 heavy (non-hydrogen) atoms. The molecule has 162 valence electrons. The van der Waals surface area contributed by atoms with E-state index in [0.717, 1.165) is 16.8 Å². The summed E-state index contributed by atoms with van der Waals surface area (Å²) in [7, 11) is 0. The van der Waals surface area contributed by atoms with Gasteiger partial charge in [-0.2, -0.15) is 0 Å². The first-order valence-corrected chi connectivity index (χ1v) is 10.6. The molecule has 0 saturated carbocycles. The molecule has 0 heterocycles. The number of benzene rings is 3.